The van der Waals surface area contributed by atoms with Crippen molar-refractivity contribution in [2.24, 2.45) is 5.16 Å². The van der Waals surface area contributed by atoms with Gasteiger partial charge in [-0.1, -0.05) is 47.1 Å². The minimum absolute atomic E-state index is 0.398. The van der Waals surface area contributed by atoms with Crippen LogP contribution in [0.15, 0.2) is 64.2 Å². The van der Waals surface area contributed by atoms with Gasteiger partial charge in [-0.3, -0.25) is 0 Å². The van der Waals surface area contributed by atoms with Crippen molar-refractivity contribution in [3.8, 4) is 0 Å². The molecular formula is C17H14ClNO2. The van der Waals surface area contributed by atoms with Crippen molar-refractivity contribution in [2.75, 3.05) is 0 Å². The third-order valence-corrected chi connectivity index (χ3v) is 3.38. The van der Waals surface area contributed by atoms with E-state index in [0.717, 1.165) is 16.5 Å². The Morgan fingerprint density at radius 1 is 1.14 bits per heavy atom. The van der Waals surface area contributed by atoms with E-state index in [0.29, 0.717) is 23.1 Å². The molecule has 0 saturated heterocycles. The number of oxime groups is 1. The summed E-state index contributed by atoms with van der Waals surface area (Å²) < 4.78 is 5.72. The summed E-state index contributed by atoms with van der Waals surface area (Å²) in [5.41, 5.74) is 2.57. The van der Waals surface area contributed by atoms with Crippen LogP contribution in [0.25, 0.3) is 11.0 Å². The molecule has 1 aromatic heterocycles. The Bertz CT molecular complexity index is 742. The molecule has 3 nitrogen and oxygen atoms in total. The Hall–Kier alpha value is -2.26. The number of nitrogens with zero attached hydrogens (tertiary/aromatic N) is 1. The van der Waals surface area contributed by atoms with E-state index < -0.39 is 0 Å². The maximum atomic E-state index is 5.83. The van der Waals surface area contributed by atoms with Crippen LogP contribution in [-0.4, -0.2) is 5.71 Å². The van der Waals surface area contributed by atoms with Gasteiger partial charge in [-0.05, 0) is 36.8 Å². The highest BCUT2D eigenvalue weighted by Crippen LogP contribution is 2.19. The molecule has 0 saturated carbocycles. The summed E-state index contributed by atoms with van der Waals surface area (Å²) in [7, 11) is 0. The van der Waals surface area contributed by atoms with Crippen molar-refractivity contribution in [3.63, 3.8) is 0 Å². The van der Waals surface area contributed by atoms with Crippen molar-refractivity contribution in [2.45, 2.75) is 13.5 Å². The van der Waals surface area contributed by atoms with Gasteiger partial charge in [0.25, 0.3) is 0 Å². The van der Waals surface area contributed by atoms with Gasteiger partial charge in [0.1, 0.15) is 17.9 Å². The molecule has 1 heterocycles. The average Bonchev–Trinajstić information content (AvgIpc) is 2.93. The number of hydrogen-bond acceptors (Lipinski definition) is 3. The lowest BCUT2D eigenvalue weighted by Crippen LogP contribution is -1.94. The molecule has 0 atom stereocenters. The van der Waals surface area contributed by atoms with E-state index in [1.54, 1.807) is 0 Å². The minimum atomic E-state index is 0.398. The van der Waals surface area contributed by atoms with E-state index in [1.807, 2.05) is 61.5 Å². The van der Waals surface area contributed by atoms with Gasteiger partial charge >= 0.3 is 0 Å². The van der Waals surface area contributed by atoms with Crippen molar-refractivity contribution < 1.29 is 9.25 Å². The molecule has 3 aromatic rings. The Balaban J connectivity index is 1.69. The van der Waals surface area contributed by atoms with Gasteiger partial charge in [0.05, 0.1) is 0 Å². The molecule has 21 heavy (non-hydrogen) atoms. The van der Waals surface area contributed by atoms with Crippen molar-refractivity contribution in [3.05, 3.63) is 70.9 Å². The van der Waals surface area contributed by atoms with Gasteiger partial charge in [-0.15, -0.1) is 0 Å². The smallest absolute Gasteiger partial charge is 0.152 e. The Kier molecular flexibility index (Phi) is 3.93. The summed E-state index contributed by atoms with van der Waals surface area (Å²) in [6.07, 6.45) is 0. The third kappa shape index (κ3) is 3.26. The molecule has 0 N–H and O–H groups in total. The lowest BCUT2D eigenvalue weighted by molar-refractivity contribution is 0.130. The molecule has 0 unspecified atom stereocenters. The Labute approximate surface area is 127 Å². The molecule has 0 aliphatic rings. The average molecular weight is 300 g/mol. The highest BCUT2D eigenvalue weighted by molar-refractivity contribution is 6.30. The number of fused-ring (bicyclic) bond motifs is 1. The molecule has 106 valence electrons. The first kappa shape index (κ1) is 13.7. The fourth-order valence-electron chi connectivity index (χ4n) is 1.99. The number of rotatable bonds is 4. The van der Waals surface area contributed by atoms with Gasteiger partial charge in [0.15, 0.2) is 5.76 Å². The van der Waals surface area contributed by atoms with Crippen molar-refractivity contribution in [1.29, 1.82) is 0 Å². The normalized spacial score (nSPS) is 11.8. The van der Waals surface area contributed by atoms with Crippen LogP contribution in [0.1, 0.15) is 18.2 Å². The standard InChI is InChI=1S/C17H14ClNO2/c1-12(17-10-14-4-2-3-5-16(14)21-17)19-20-11-13-6-8-15(18)9-7-13/h2-10H,11H2,1H3/b19-12+. The van der Waals surface area contributed by atoms with Gasteiger partial charge in [0, 0.05) is 10.4 Å². The maximum absolute atomic E-state index is 5.83. The van der Waals surface area contributed by atoms with Gasteiger partial charge in [-0.2, -0.15) is 0 Å². The summed E-state index contributed by atoms with van der Waals surface area (Å²) in [6, 6.07) is 17.3. The van der Waals surface area contributed by atoms with Gasteiger partial charge in [-0.25, -0.2) is 0 Å². The molecular weight excluding hydrogens is 286 g/mol. The van der Waals surface area contributed by atoms with Crippen LogP contribution in [0.2, 0.25) is 5.02 Å². The van der Waals surface area contributed by atoms with Crippen LogP contribution in [0, 0.1) is 0 Å². The first-order valence-electron chi connectivity index (χ1n) is 6.62. The topological polar surface area (TPSA) is 34.7 Å². The Morgan fingerprint density at radius 2 is 1.90 bits per heavy atom. The molecule has 3 rings (SSSR count). The van der Waals surface area contributed by atoms with E-state index in [-0.39, 0.29) is 0 Å². The second-order valence-corrected chi connectivity index (χ2v) is 5.16. The quantitative estimate of drug-likeness (QED) is 0.500. The lowest BCUT2D eigenvalue weighted by Gasteiger charge is -2.01. The molecule has 0 spiro atoms. The zero-order valence-electron chi connectivity index (χ0n) is 11.5. The molecule has 0 aliphatic carbocycles. The monoisotopic (exact) mass is 299 g/mol. The summed E-state index contributed by atoms with van der Waals surface area (Å²) in [5, 5.41) is 5.86. The minimum Gasteiger partial charge on any atom is -0.455 e. The van der Waals surface area contributed by atoms with Gasteiger partial charge in [0.2, 0.25) is 0 Å². The molecule has 0 amide bonds. The molecule has 0 bridgehead atoms. The fourth-order valence-corrected chi connectivity index (χ4v) is 2.12. The summed E-state index contributed by atoms with van der Waals surface area (Å²) in [5.74, 6) is 0.715. The number of furan rings is 1. The van der Waals surface area contributed by atoms with E-state index in [4.69, 9.17) is 20.9 Å². The lowest BCUT2D eigenvalue weighted by atomic mass is 10.2. The third-order valence-electron chi connectivity index (χ3n) is 3.13. The van der Waals surface area contributed by atoms with Crippen LogP contribution in [0.5, 0.6) is 0 Å². The Morgan fingerprint density at radius 3 is 2.67 bits per heavy atom. The van der Waals surface area contributed by atoms with E-state index in [9.17, 15) is 0 Å². The number of halogens is 1. The molecule has 0 fully saturated rings. The van der Waals surface area contributed by atoms with Crippen molar-refractivity contribution >= 4 is 28.3 Å². The summed E-state index contributed by atoms with van der Waals surface area (Å²) in [6.45, 7) is 2.26. The predicted molar refractivity (Wildman–Crippen MR) is 84.7 cm³/mol. The van der Waals surface area contributed by atoms with Gasteiger partial charge < -0.3 is 9.25 Å². The second kappa shape index (κ2) is 6.02. The van der Waals surface area contributed by atoms with Crippen LogP contribution in [-0.2, 0) is 11.4 Å². The fraction of sp³-hybridized carbons (Fsp3) is 0.118. The molecule has 4 heteroatoms. The first-order chi connectivity index (χ1) is 10.2. The summed E-state index contributed by atoms with van der Waals surface area (Å²) in [4.78, 5) is 5.36. The largest absolute Gasteiger partial charge is 0.455 e. The van der Waals surface area contributed by atoms with Crippen LogP contribution >= 0.6 is 11.6 Å². The van der Waals surface area contributed by atoms with Crippen LogP contribution in [0.4, 0.5) is 0 Å². The predicted octanol–water partition coefficient (Wildman–Crippen LogP) is 5.03. The molecule has 0 radical (unpaired) electrons. The highest BCUT2D eigenvalue weighted by atomic mass is 35.5. The number of hydrogen-bond donors (Lipinski definition) is 0. The van der Waals surface area contributed by atoms with Crippen molar-refractivity contribution in [1.82, 2.24) is 0 Å². The zero-order valence-corrected chi connectivity index (χ0v) is 12.3. The highest BCUT2D eigenvalue weighted by Gasteiger charge is 2.06. The SMILES string of the molecule is C/C(=N\OCc1ccc(Cl)cc1)c1cc2ccccc2o1. The van der Waals surface area contributed by atoms with Crippen LogP contribution in [0.3, 0.4) is 0 Å². The maximum Gasteiger partial charge on any atom is 0.152 e. The zero-order chi connectivity index (χ0) is 14.7. The van der Waals surface area contributed by atoms with E-state index in [1.165, 1.54) is 0 Å². The van der Waals surface area contributed by atoms with E-state index in [2.05, 4.69) is 5.16 Å². The first-order valence-corrected chi connectivity index (χ1v) is 7.00. The molecule has 0 aliphatic heterocycles. The second-order valence-electron chi connectivity index (χ2n) is 4.73. The van der Waals surface area contributed by atoms with Crippen LogP contribution < -0.4 is 0 Å². The number of para-hydroxylation sites is 1. The number of benzene rings is 2. The molecule has 2 aromatic carbocycles. The summed E-state index contributed by atoms with van der Waals surface area (Å²) >= 11 is 5.83. The van der Waals surface area contributed by atoms with E-state index >= 15 is 0 Å².